The van der Waals surface area contributed by atoms with Crippen molar-refractivity contribution in [3.8, 4) is 11.4 Å². The van der Waals surface area contributed by atoms with Crippen LogP contribution in [0, 0.1) is 6.92 Å². The van der Waals surface area contributed by atoms with Gasteiger partial charge in [0.05, 0.1) is 12.8 Å². The van der Waals surface area contributed by atoms with Crippen molar-refractivity contribution in [2.75, 3.05) is 20.7 Å². The second-order valence-corrected chi connectivity index (χ2v) is 6.52. The fourth-order valence-electron chi connectivity index (χ4n) is 2.94. The zero-order valence-corrected chi connectivity index (χ0v) is 16.6. The minimum Gasteiger partial charge on any atom is -0.496 e. The molecule has 3 rings (SSSR count). The van der Waals surface area contributed by atoms with Crippen molar-refractivity contribution >= 4 is 5.96 Å². The maximum absolute atomic E-state index is 5.39. The second kappa shape index (κ2) is 9.60. The summed E-state index contributed by atoms with van der Waals surface area (Å²) in [6, 6.07) is 16.5. The molecule has 0 aliphatic carbocycles. The molecule has 0 radical (unpaired) electrons. The Morgan fingerprint density at radius 1 is 1.11 bits per heavy atom. The molecule has 28 heavy (non-hydrogen) atoms. The lowest BCUT2D eigenvalue weighted by Gasteiger charge is -2.13. The van der Waals surface area contributed by atoms with Crippen molar-refractivity contribution in [3.05, 3.63) is 77.6 Å². The molecule has 6 heteroatoms. The number of aliphatic imine (C=N–C) groups is 1. The van der Waals surface area contributed by atoms with E-state index >= 15 is 0 Å². The highest BCUT2D eigenvalue weighted by Gasteiger charge is 2.03. The minimum absolute atomic E-state index is 0.706. The molecule has 0 spiro atoms. The van der Waals surface area contributed by atoms with Gasteiger partial charge < -0.3 is 15.4 Å². The molecule has 0 aliphatic rings. The quantitative estimate of drug-likeness (QED) is 0.491. The number of benzene rings is 2. The molecule has 146 valence electrons. The van der Waals surface area contributed by atoms with Gasteiger partial charge in [0.25, 0.3) is 0 Å². The first-order valence-corrected chi connectivity index (χ1v) is 9.36. The zero-order chi connectivity index (χ0) is 19.8. The van der Waals surface area contributed by atoms with Gasteiger partial charge >= 0.3 is 0 Å². The van der Waals surface area contributed by atoms with Crippen LogP contribution in [0.25, 0.3) is 5.69 Å². The molecular weight excluding hydrogens is 350 g/mol. The SMILES string of the molecule is CN=C(NCCc1ccc(C)c(OC)c1)NCc1ccc(-n2cccn2)cc1. The molecular formula is C22H27N5O. The third-order valence-corrected chi connectivity index (χ3v) is 4.57. The summed E-state index contributed by atoms with van der Waals surface area (Å²) in [5.41, 5.74) is 4.61. The Bertz CT molecular complexity index is 901. The van der Waals surface area contributed by atoms with Gasteiger partial charge in [0, 0.05) is 32.5 Å². The van der Waals surface area contributed by atoms with E-state index in [1.807, 2.05) is 23.9 Å². The first kappa shape index (κ1) is 19.5. The molecule has 1 heterocycles. The van der Waals surface area contributed by atoms with Gasteiger partial charge in [-0.3, -0.25) is 4.99 Å². The predicted molar refractivity (Wildman–Crippen MR) is 113 cm³/mol. The fourth-order valence-corrected chi connectivity index (χ4v) is 2.94. The molecule has 1 aromatic heterocycles. The third-order valence-electron chi connectivity index (χ3n) is 4.57. The van der Waals surface area contributed by atoms with Crippen LogP contribution in [0.5, 0.6) is 5.75 Å². The Balaban J connectivity index is 1.47. The first-order valence-electron chi connectivity index (χ1n) is 9.36. The van der Waals surface area contributed by atoms with E-state index in [1.54, 1.807) is 20.4 Å². The summed E-state index contributed by atoms with van der Waals surface area (Å²) < 4.78 is 7.24. The van der Waals surface area contributed by atoms with E-state index in [0.717, 1.165) is 35.9 Å². The minimum atomic E-state index is 0.706. The summed E-state index contributed by atoms with van der Waals surface area (Å²) >= 11 is 0. The molecule has 0 aliphatic heterocycles. The number of nitrogens with one attached hydrogen (secondary N) is 2. The molecule has 6 nitrogen and oxygen atoms in total. The molecule has 2 N–H and O–H groups in total. The van der Waals surface area contributed by atoms with Gasteiger partial charge in [-0.1, -0.05) is 24.3 Å². The van der Waals surface area contributed by atoms with Crippen LogP contribution in [0.3, 0.4) is 0 Å². The summed E-state index contributed by atoms with van der Waals surface area (Å²) in [5.74, 6) is 1.72. The van der Waals surface area contributed by atoms with E-state index in [1.165, 1.54) is 11.1 Å². The normalized spacial score (nSPS) is 11.3. The van der Waals surface area contributed by atoms with Crippen LogP contribution < -0.4 is 15.4 Å². The Labute approximate surface area is 166 Å². The lowest BCUT2D eigenvalue weighted by Crippen LogP contribution is -2.37. The Morgan fingerprint density at radius 3 is 2.57 bits per heavy atom. The van der Waals surface area contributed by atoms with Gasteiger partial charge in [0.15, 0.2) is 5.96 Å². The molecule has 0 unspecified atom stereocenters. The summed E-state index contributed by atoms with van der Waals surface area (Å²) in [5, 5.41) is 10.9. The first-order chi connectivity index (χ1) is 13.7. The van der Waals surface area contributed by atoms with Gasteiger partial charge in [-0.25, -0.2) is 4.68 Å². The van der Waals surface area contributed by atoms with Crippen molar-refractivity contribution in [1.29, 1.82) is 0 Å². The molecule has 0 amide bonds. The summed E-state index contributed by atoms with van der Waals surface area (Å²) in [7, 11) is 3.49. The largest absolute Gasteiger partial charge is 0.496 e. The Morgan fingerprint density at radius 2 is 1.89 bits per heavy atom. The topological polar surface area (TPSA) is 63.5 Å². The van der Waals surface area contributed by atoms with E-state index < -0.39 is 0 Å². The summed E-state index contributed by atoms with van der Waals surface area (Å²) in [6.07, 6.45) is 4.61. The Hall–Kier alpha value is -3.28. The highest BCUT2D eigenvalue weighted by Crippen LogP contribution is 2.19. The van der Waals surface area contributed by atoms with E-state index in [9.17, 15) is 0 Å². The molecule has 0 fully saturated rings. The fraction of sp³-hybridized carbons (Fsp3) is 0.273. The highest BCUT2D eigenvalue weighted by molar-refractivity contribution is 5.79. The van der Waals surface area contributed by atoms with E-state index in [2.05, 4.69) is 63.2 Å². The van der Waals surface area contributed by atoms with Crippen molar-refractivity contribution in [2.24, 2.45) is 4.99 Å². The van der Waals surface area contributed by atoms with Crippen molar-refractivity contribution in [3.63, 3.8) is 0 Å². The number of ether oxygens (including phenoxy) is 1. The van der Waals surface area contributed by atoms with Gasteiger partial charge in [-0.15, -0.1) is 0 Å². The number of aromatic nitrogens is 2. The van der Waals surface area contributed by atoms with E-state index in [0.29, 0.717) is 6.54 Å². The van der Waals surface area contributed by atoms with Crippen LogP contribution in [-0.4, -0.2) is 36.4 Å². The molecule has 0 atom stereocenters. The number of nitrogens with zero attached hydrogens (tertiary/aromatic N) is 3. The Kier molecular flexibility index (Phi) is 6.68. The van der Waals surface area contributed by atoms with E-state index in [-0.39, 0.29) is 0 Å². The second-order valence-electron chi connectivity index (χ2n) is 6.52. The number of aryl methyl sites for hydroxylation is 1. The lowest BCUT2D eigenvalue weighted by molar-refractivity contribution is 0.411. The summed E-state index contributed by atoms with van der Waals surface area (Å²) in [4.78, 5) is 4.30. The maximum atomic E-state index is 5.39. The van der Waals surface area contributed by atoms with Crippen LogP contribution in [0.4, 0.5) is 0 Å². The van der Waals surface area contributed by atoms with Gasteiger partial charge in [-0.2, -0.15) is 5.10 Å². The predicted octanol–water partition coefficient (Wildman–Crippen LogP) is 3.10. The number of guanidine groups is 1. The van der Waals surface area contributed by atoms with Crippen LogP contribution >= 0.6 is 0 Å². The number of hydrogen-bond acceptors (Lipinski definition) is 3. The highest BCUT2D eigenvalue weighted by atomic mass is 16.5. The zero-order valence-electron chi connectivity index (χ0n) is 16.6. The standard InChI is InChI=1S/C22H27N5O/c1-17-5-6-18(15-21(17)28-3)11-13-24-22(23-2)25-16-19-7-9-20(10-8-19)27-14-4-12-26-27/h4-10,12,14-15H,11,13,16H2,1-3H3,(H2,23,24,25). The average molecular weight is 377 g/mol. The molecule has 2 aromatic carbocycles. The monoisotopic (exact) mass is 377 g/mol. The van der Waals surface area contributed by atoms with Crippen molar-refractivity contribution < 1.29 is 4.74 Å². The van der Waals surface area contributed by atoms with Crippen LogP contribution in [0.2, 0.25) is 0 Å². The van der Waals surface area contributed by atoms with Crippen molar-refractivity contribution in [2.45, 2.75) is 19.9 Å². The smallest absolute Gasteiger partial charge is 0.191 e. The molecule has 0 saturated carbocycles. The average Bonchev–Trinajstić information content (AvgIpc) is 3.27. The number of rotatable bonds is 7. The lowest BCUT2D eigenvalue weighted by atomic mass is 10.1. The van der Waals surface area contributed by atoms with Crippen LogP contribution in [-0.2, 0) is 13.0 Å². The van der Waals surface area contributed by atoms with Crippen molar-refractivity contribution in [1.82, 2.24) is 20.4 Å². The number of methoxy groups -OCH3 is 1. The maximum Gasteiger partial charge on any atom is 0.191 e. The molecule has 0 bridgehead atoms. The van der Waals surface area contributed by atoms with Crippen LogP contribution in [0.15, 0.2) is 65.9 Å². The van der Waals surface area contributed by atoms with E-state index in [4.69, 9.17) is 4.74 Å². The van der Waals surface area contributed by atoms with Gasteiger partial charge in [0.2, 0.25) is 0 Å². The van der Waals surface area contributed by atoms with Gasteiger partial charge in [0.1, 0.15) is 5.75 Å². The molecule has 0 saturated heterocycles. The molecule has 3 aromatic rings. The van der Waals surface area contributed by atoms with Gasteiger partial charge in [-0.05, 0) is 54.3 Å². The number of hydrogen-bond donors (Lipinski definition) is 2. The van der Waals surface area contributed by atoms with Crippen LogP contribution in [0.1, 0.15) is 16.7 Å². The third kappa shape index (κ3) is 5.13. The summed E-state index contributed by atoms with van der Waals surface area (Å²) in [6.45, 7) is 3.55.